The fourth-order valence-electron chi connectivity index (χ4n) is 4.34. The van der Waals surface area contributed by atoms with Crippen LogP contribution >= 0.6 is 0 Å². The Balaban J connectivity index is 2.18. The maximum absolute atomic E-state index is 4.93. The van der Waals surface area contributed by atoms with E-state index in [4.69, 9.17) is 4.99 Å². The monoisotopic (exact) mass is 332 g/mol. The molecule has 2 nitrogen and oxygen atoms in total. The largest absolute Gasteiger partial charge is 0.382 e. The fraction of sp³-hybridized carbons (Fsp3) is 0.348. The van der Waals surface area contributed by atoms with Crippen molar-refractivity contribution in [2.24, 2.45) is 4.99 Å². The minimum atomic E-state index is 0.0655. The maximum Gasteiger partial charge on any atom is 0.0997 e. The number of hydrogen-bond acceptors (Lipinski definition) is 2. The molecule has 0 aromatic heterocycles. The molecule has 1 aliphatic rings. The highest BCUT2D eigenvalue weighted by molar-refractivity contribution is 5.72. The van der Waals surface area contributed by atoms with E-state index in [2.05, 4.69) is 71.1 Å². The smallest absolute Gasteiger partial charge is 0.0997 e. The highest BCUT2D eigenvalue weighted by atomic mass is 15.0. The molecule has 0 saturated carbocycles. The van der Waals surface area contributed by atoms with Gasteiger partial charge in [0.2, 0.25) is 0 Å². The zero-order valence-electron chi connectivity index (χ0n) is 16.1. The summed E-state index contributed by atoms with van der Waals surface area (Å²) in [5.41, 5.74) is 10.6. The molecule has 1 aliphatic heterocycles. The van der Waals surface area contributed by atoms with Crippen LogP contribution in [0.25, 0.3) is 0 Å². The van der Waals surface area contributed by atoms with E-state index in [1.54, 1.807) is 0 Å². The van der Waals surface area contributed by atoms with E-state index in [0.717, 1.165) is 0 Å². The molecular weight excluding hydrogens is 304 g/mol. The summed E-state index contributed by atoms with van der Waals surface area (Å²) in [5.74, 6) is 0. The summed E-state index contributed by atoms with van der Waals surface area (Å²) in [4.78, 5) is 4.93. The summed E-state index contributed by atoms with van der Waals surface area (Å²) < 4.78 is 0. The fourth-order valence-corrected chi connectivity index (χ4v) is 4.34. The number of hydrogen-bond donors (Lipinski definition) is 1. The van der Waals surface area contributed by atoms with Gasteiger partial charge in [0.1, 0.15) is 0 Å². The van der Waals surface area contributed by atoms with Gasteiger partial charge in [-0.3, -0.25) is 4.99 Å². The molecule has 2 aromatic rings. The molecule has 2 atom stereocenters. The lowest BCUT2D eigenvalue weighted by atomic mass is 9.84. The van der Waals surface area contributed by atoms with Crippen LogP contribution in [-0.4, -0.2) is 6.21 Å². The quantitative estimate of drug-likeness (QED) is 0.770. The predicted octanol–water partition coefficient (Wildman–Crippen LogP) is 5.51. The van der Waals surface area contributed by atoms with Gasteiger partial charge in [0, 0.05) is 6.21 Å². The van der Waals surface area contributed by atoms with Crippen LogP contribution in [0.2, 0.25) is 0 Å². The zero-order chi connectivity index (χ0) is 18.1. The van der Waals surface area contributed by atoms with E-state index in [0.29, 0.717) is 0 Å². The van der Waals surface area contributed by atoms with Gasteiger partial charge in [-0.25, -0.2) is 0 Å². The van der Waals surface area contributed by atoms with Crippen LogP contribution in [0, 0.1) is 41.5 Å². The number of nitrogens with one attached hydrogen (secondary N) is 1. The minimum absolute atomic E-state index is 0.0655. The predicted molar refractivity (Wildman–Crippen MR) is 108 cm³/mol. The first kappa shape index (κ1) is 17.5. The highest BCUT2D eigenvalue weighted by Gasteiger charge is 2.29. The standard InChI is InChI=1S/C23H28N2/c1-14-10-16(3)20(17(4)11-14)22-23(25-9-7-8-24-22)21-18(5)12-15(2)13-19(21)6/h7-13,22-24H,1-6H3/t22-,23+/m1/s1. The highest BCUT2D eigenvalue weighted by Crippen LogP contribution is 2.39. The van der Waals surface area contributed by atoms with Crippen LogP contribution in [0.15, 0.2) is 41.5 Å². The molecule has 1 heterocycles. The average molecular weight is 332 g/mol. The lowest BCUT2D eigenvalue weighted by Gasteiger charge is -2.30. The molecule has 25 heavy (non-hydrogen) atoms. The Bertz CT molecular complexity index is 812. The summed E-state index contributed by atoms with van der Waals surface area (Å²) in [6.45, 7) is 13.1. The number of nitrogens with zero attached hydrogens (tertiary/aromatic N) is 1. The first-order valence-corrected chi connectivity index (χ1v) is 8.98. The minimum Gasteiger partial charge on any atom is -0.382 e. The van der Waals surface area contributed by atoms with E-state index in [-0.39, 0.29) is 12.1 Å². The van der Waals surface area contributed by atoms with E-state index in [9.17, 15) is 0 Å². The first-order valence-electron chi connectivity index (χ1n) is 8.98. The lowest BCUT2D eigenvalue weighted by molar-refractivity contribution is 0.508. The normalized spacial score (nSPS) is 19.6. The number of benzene rings is 2. The summed E-state index contributed by atoms with van der Waals surface area (Å²) in [6, 6.07) is 9.28. The van der Waals surface area contributed by atoms with Crippen molar-refractivity contribution in [1.29, 1.82) is 0 Å². The van der Waals surface area contributed by atoms with Crippen molar-refractivity contribution < 1.29 is 0 Å². The number of aryl methyl sites for hydroxylation is 6. The van der Waals surface area contributed by atoms with Crippen molar-refractivity contribution in [3.05, 3.63) is 81.0 Å². The van der Waals surface area contributed by atoms with Crippen LogP contribution in [0.1, 0.15) is 56.6 Å². The Hall–Kier alpha value is -2.35. The second kappa shape index (κ2) is 6.87. The molecule has 0 bridgehead atoms. The third kappa shape index (κ3) is 3.39. The Morgan fingerprint density at radius 2 is 1.20 bits per heavy atom. The Morgan fingerprint density at radius 1 is 0.720 bits per heavy atom. The van der Waals surface area contributed by atoms with Crippen molar-refractivity contribution in [3.8, 4) is 0 Å². The maximum atomic E-state index is 4.93. The summed E-state index contributed by atoms with van der Waals surface area (Å²) >= 11 is 0. The Labute approximate surface area is 151 Å². The second-order valence-electron chi connectivity index (χ2n) is 7.37. The molecule has 2 aromatic carbocycles. The summed E-state index contributed by atoms with van der Waals surface area (Å²) in [6.07, 6.45) is 5.94. The Kier molecular flexibility index (Phi) is 4.80. The van der Waals surface area contributed by atoms with Gasteiger partial charge in [-0.1, -0.05) is 35.4 Å². The molecule has 0 aliphatic carbocycles. The molecule has 0 saturated heterocycles. The van der Waals surface area contributed by atoms with Crippen LogP contribution < -0.4 is 5.32 Å². The van der Waals surface area contributed by atoms with Crippen molar-refractivity contribution in [2.75, 3.05) is 0 Å². The molecule has 0 spiro atoms. The molecule has 0 fully saturated rings. The third-order valence-corrected chi connectivity index (χ3v) is 5.10. The topological polar surface area (TPSA) is 24.4 Å². The second-order valence-corrected chi connectivity index (χ2v) is 7.37. The van der Waals surface area contributed by atoms with Crippen molar-refractivity contribution in [1.82, 2.24) is 5.32 Å². The molecule has 0 radical (unpaired) electrons. The average Bonchev–Trinajstić information content (AvgIpc) is 2.71. The first-order chi connectivity index (χ1) is 11.9. The third-order valence-electron chi connectivity index (χ3n) is 5.10. The Morgan fingerprint density at radius 3 is 1.72 bits per heavy atom. The van der Waals surface area contributed by atoms with E-state index in [1.807, 2.05) is 18.5 Å². The number of aliphatic imine (C=N–C) groups is 1. The van der Waals surface area contributed by atoms with Gasteiger partial charge in [-0.15, -0.1) is 0 Å². The van der Waals surface area contributed by atoms with E-state index < -0.39 is 0 Å². The molecule has 1 N–H and O–H groups in total. The van der Waals surface area contributed by atoms with Crippen molar-refractivity contribution >= 4 is 6.21 Å². The van der Waals surface area contributed by atoms with Crippen LogP contribution in [0.4, 0.5) is 0 Å². The molecule has 3 rings (SSSR count). The zero-order valence-corrected chi connectivity index (χ0v) is 16.1. The van der Waals surface area contributed by atoms with Gasteiger partial charge in [0.15, 0.2) is 0 Å². The number of allylic oxidation sites excluding steroid dienone is 1. The summed E-state index contributed by atoms with van der Waals surface area (Å²) in [7, 11) is 0. The van der Waals surface area contributed by atoms with Gasteiger partial charge in [0.05, 0.1) is 12.1 Å². The molecular formula is C23H28N2. The summed E-state index contributed by atoms with van der Waals surface area (Å²) in [5, 5.41) is 3.61. The van der Waals surface area contributed by atoms with Gasteiger partial charge < -0.3 is 5.32 Å². The van der Waals surface area contributed by atoms with Gasteiger partial charge in [-0.05, 0) is 87.2 Å². The van der Waals surface area contributed by atoms with Gasteiger partial charge >= 0.3 is 0 Å². The van der Waals surface area contributed by atoms with E-state index >= 15 is 0 Å². The van der Waals surface area contributed by atoms with E-state index in [1.165, 1.54) is 44.5 Å². The molecule has 0 unspecified atom stereocenters. The van der Waals surface area contributed by atoms with Crippen LogP contribution in [-0.2, 0) is 0 Å². The van der Waals surface area contributed by atoms with Crippen molar-refractivity contribution in [2.45, 2.75) is 53.6 Å². The van der Waals surface area contributed by atoms with Crippen LogP contribution in [0.5, 0.6) is 0 Å². The lowest BCUT2D eigenvalue weighted by Crippen LogP contribution is -2.24. The molecule has 0 amide bonds. The SMILES string of the molecule is Cc1cc(C)c([C@H]2NC=CC=N[C@H]2c2c(C)cc(C)cc2C)c(C)c1. The van der Waals surface area contributed by atoms with Gasteiger partial charge in [0.25, 0.3) is 0 Å². The van der Waals surface area contributed by atoms with Crippen LogP contribution in [0.3, 0.4) is 0 Å². The molecule has 2 heteroatoms. The molecule has 130 valence electrons. The van der Waals surface area contributed by atoms with Crippen molar-refractivity contribution in [3.63, 3.8) is 0 Å². The van der Waals surface area contributed by atoms with Gasteiger partial charge in [-0.2, -0.15) is 0 Å². The number of rotatable bonds is 2.